The zero-order valence-electron chi connectivity index (χ0n) is 12.8. The van der Waals surface area contributed by atoms with Crippen LogP contribution in [0.4, 0.5) is 5.69 Å². The van der Waals surface area contributed by atoms with Gasteiger partial charge in [-0.2, -0.15) is 0 Å². The topological polar surface area (TPSA) is 82.0 Å². The van der Waals surface area contributed by atoms with E-state index >= 15 is 0 Å². The molecule has 0 saturated carbocycles. The third kappa shape index (κ3) is 2.78. The lowest BCUT2D eigenvalue weighted by molar-refractivity contribution is 0.100. The lowest BCUT2D eigenvalue weighted by Gasteiger charge is -2.08. The fourth-order valence-corrected chi connectivity index (χ4v) is 4.59. The Labute approximate surface area is 156 Å². The Morgan fingerprint density at radius 2 is 1.88 bits per heavy atom. The highest BCUT2D eigenvalue weighted by Crippen LogP contribution is 2.41. The van der Waals surface area contributed by atoms with Gasteiger partial charge in [0.1, 0.15) is 9.71 Å². The summed E-state index contributed by atoms with van der Waals surface area (Å²) >= 11 is 8.73. The number of carbonyl (C=O) groups is 1. The molecule has 1 aromatic carbocycles. The number of nitrogens with two attached hydrogens (primary N) is 2. The monoisotopic (exact) mass is 385 g/mol. The number of nitrogens with zero attached hydrogens (tertiary/aromatic N) is 1. The van der Waals surface area contributed by atoms with E-state index in [0.29, 0.717) is 19.7 Å². The van der Waals surface area contributed by atoms with E-state index in [0.717, 1.165) is 27.8 Å². The van der Waals surface area contributed by atoms with E-state index in [-0.39, 0.29) is 0 Å². The minimum absolute atomic E-state index is 0.334. The molecule has 4 aromatic rings. The SMILES string of the molecule is NC(=O)c1sc2nc(-c3csc(Cl)c3)cc(-c3ccccc3)c2c1N. The van der Waals surface area contributed by atoms with Gasteiger partial charge in [0.05, 0.1) is 15.7 Å². The number of carbonyl (C=O) groups excluding carboxylic acids is 1. The van der Waals surface area contributed by atoms with Crippen molar-refractivity contribution in [3.05, 3.63) is 57.1 Å². The largest absolute Gasteiger partial charge is 0.397 e. The van der Waals surface area contributed by atoms with Crippen molar-refractivity contribution in [2.75, 3.05) is 5.73 Å². The van der Waals surface area contributed by atoms with Crippen LogP contribution in [0.25, 0.3) is 32.6 Å². The first-order valence-corrected chi connectivity index (χ1v) is 9.44. The molecule has 0 radical (unpaired) electrons. The van der Waals surface area contributed by atoms with Gasteiger partial charge in [0.25, 0.3) is 5.91 Å². The molecule has 1 amide bonds. The number of hydrogen-bond donors (Lipinski definition) is 2. The molecule has 7 heteroatoms. The molecule has 25 heavy (non-hydrogen) atoms. The highest BCUT2D eigenvalue weighted by Gasteiger charge is 2.20. The number of benzene rings is 1. The summed E-state index contributed by atoms with van der Waals surface area (Å²) in [6.07, 6.45) is 0. The predicted octanol–water partition coefficient (Wildman–Crippen LogP) is 5.03. The van der Waals surface area contributed by atoms with Crippen molar-refractivity contribution in [3.63, 3.8) is 0 Å². The number of fused-ring (bicyclic) bond motifs is 1. The quantitative estimate of drug-likeness (QED) is 0.519. The highest BCUT2D eigenvalue weighted by atomic mass is 35.5. The molecule has 0 aliphatic rings. The standard InChI is InChI=1S/C18H12ClN3OS2/c19-13-6-10(8-24-13)12-7-11(9-4-2-1-3-5-9)14-15(20)16(17(21)23)25-18(14)22-12/h1-8H,20H2,(H2,21,23). The molecule has 4 rings (SSSR count). The molecular formula is C18H12ClN3OS2. The summed E-state index contributed by atoms with van der Waals surface area (Å²) in [4.78, 5) is 17.4. The van der Waals surface area contributed by atoms with Gasteiger partial charge < -0.3 is 11.5 Å². The molecule has 4 nitrogen and oxygen atoms in total. The van der Waals surface area contributed by atoms with E-state index in [9.17, 15) is 4.79 Å². The lowest BCUT2D eigenvalue weighted by atomic mass is 10.0. The number of primary amides is 1. The van der Waals surface area contributed by atoms with Crippen molar-refractivity contribution in [2.45, 2.75) is 0 Å². The Hall–Kier alpha value is -2.41. The minimum atomic E-state index is -0.542. The summed E-state index contributed by atoms with van der Waals surface area (Å²) in [5, 5.41) is 2.71. The van der Waals surface area contributed by atoms with Crippen LogP contribution in [-0.2, 0) is 0 Å². The summed E-state index contributed by atoms with van der Waals surface area (Å²) in [6.45, 7) is 0. The molecule has 0 atom stereocenters. The molecule has 0 aliphatic carbocycles. The van der Waals surface area contributed by atoms with Gasteiger partial charge in [-0.1, -0.05) is 41.9 Å². The maximum atomic E-state index is 11.7. The van der Waals surface area contributed by atoms with Crippen LogP contribution in [0, 0.1) is 0 Å². The molecule has 4 N–H and O–H groups in total. The van der Waals surface area contributed by atoms with E-state index in [1.165, 1.54) is 22.7 Å². The predicted molar refractivity (Wildman–Crippen MR) is 106 cm³/mol. The van der Waals surface area contributed by atoms with Crippen LogP contribution in [0.5, 0.6) is 0 Å². The Kier molecular flexibility index (Phi) is 3.95. The summed E-state index contributed by atoms with van der Waals surface area (Å²) in [5.74, 6) is -0.542. The number of aromatic nitrogens is 1. The second-order valence-electron chi connectivity index (χ2n) is 5.45. The number of hydrogen-bond acceptors (Lipinski definition) is 5. The van der Waals surface area contributed by atoms with Gasteiger partial charge in [0, 0.05) is 16.3 Å². The van der Waals surface area contributed by atoms with Crippen LogP contribution >= 0.6 is 34.3 Å². The summed E-state index contributed by atoms with van der Waals surface area (Å²) in [7, 11) is 0. The average molecular weight is 386 g/mol. The lowest BCUT2D eigenvalue weighted by Crippen LogP contribution is -2.10. The normalized spacial score (nSPS) is 11.1. The third-order valence-corrected chi connectivity index (χ3v) is 6.08. The smallest absolute Gasteiger partial charge is 0.260 e. The van der Waals surface area contributed by atoms with Gasteiger partial charge >= 0.3 is 0 Å². The van der Waals surface area contributed by atoms with Crippen molar-refractivity contribution in [1.29, 1.82) is 0 Å². The third-order valence-electron chi connectivity index (χ3n) is 3.87. The van der Waals surface area contributed by atoms with Gasteiger partial charge in [-0.25, -0.2) is 4.98 Å². The zero-order valence-corrected chi connectivity index (χ0v) is 15.2. The first-order valence-electron chi connectivity index (χ1n) is 7.37. The van der Waals surface area contributed by atoms with Crippen molar-refractivity contribution < 1.29 is 4.79 Å². The molecule has 0 spiro atoms. The van der Waals surface area contributed by atoms with Crippen LogP contribution in [-0.4, -0.2) is 10.9 Å². The second-order valence-corrected chi connectivity index (χ2v) is 7.99. The summed E-state index contributed by atoms with van der Waals surface area (Å²) in [5.41, 5.74) is 15.7. The number of amides is 1. The Morgan fingerprint density at radius 1 is 1.12 bits per heavy atom. The first-order chi connectivity index (χ1) is 12.0. The van der Waals surface area contributed by atoms with Crippen LogP contribution in [0.3, 0.4) is 0 Å². The second kappa shape index (κ2) is 6.15. The van der Waals surface area contributed by atoms with Crippen molar-refractivity contribution in [2.24, 2.45) is 5.73 Å². The van der Waals surface area contributed by atoms with Gasteiger partial charge in [-0.3, -0.25) is 4.79 Å². The van der Waals surface area contributed by atoms with E-state index < -0.39 is 5.91 Å². The summed E-state index contributed by atoms with van der Waals surface area (Å²) in [6, 6.07) is 13.7. The van der Waals surface area contributed by atoms with Gasteiger partial charge in [-0.15, -0.1) is 22.7 Å². The number of nitrogen functional groups attached to an aromatic ring is 1. The highest BCUT2D eigenvalue weighted by molar-refractivity contribution is 7.21. The average Bonchev–Trinajstić information content (AvgIpc) is 3.19. The molecule has 0 unspecified atom stereocenters. The molecule has 0 bridgehead atoms. The zero-order chi connectivity index (χ0) is 17.6. The minimum Gasteiger partial charge on any atom is -0.397 e. The molecule has 124 valence electrons. The van der Waals surface area contributed by atoms with Gasteiger partial charge in [0.15, 0.2) is 0 Å². The van der Waals surface area contributed by atoms with E-state index in [1.54, 1.807) is 0 Å². The molecule has 0 saturated heterocycles. The summed E-state index contributed by atoms with van der Waals surface area (Å²) < 4.78 is 0.696. The Bertz CT molecular complexity index is 1100. The van der Waals surface area contributed by atoms with Crippen LogP contribution in [0.15, 0.2) is 47.8 Å². The maximum Gasteiger partial charge on any atom is 0.260 e. The van der Waals surface area contributed by atoms with Crippen molar-refractivity contribution in [1.82, 2.24) is 4.98 Å². The van der Waals surface area contributed by atoms with E-state index in [4.69, 9.17) is 23.1 Å². The van der Waals surface area contributed by atoms with Crippen LogP contribution < -0.4 is 11.5 Å². The fourth-order valence-electron chi connectivity index (χ4n) is 2.74. The fraction of sp³-hybridized carbons (Fsp3) is 0. The number of halogens is 1. The van der Waals surface area contributed by atoms with Crippen molar-refractivity contribution in [3.8, 4) is 22.4 Å². The number of anilines is 1. The first kappa shape index (κ1) is 16.1. The molecule has 0 fully saturated rings. The Balaban J connectivity index is 2.07. The number of thiophene rings is 2. The molecule has 0 aliphatic heterocycles. The Morgan fingerprint density at radius 3 is 2.52 bits per heavy atom. The molecular weight excluding hydrogens is 374 g/mol. The van der Waals surface area contributed by atoms with Gasteiger partial charge in [-0.05, 0) is 23.3 Å². The maximum absolute atomic E-state index is 11.7. The number of rotatable bonds is 3. The van der Waals surface area contributed by atoms with Crippen LogP contribution in [0.1, 0.15) is 9.67 Å². The molecule has 3 aromatic heterocycles. The number of pyridine rings is 1. The van der Waals surface area contributed by atoms with E-state index in [2.05, 4.69) is 4.98 Å². The van der Waals surface area contributed by atoms with Crippen LogP contribution in [0.2, 0.25) is 4.34 Å². The van der Waals surface area contributed by atoms with Crippen molar-refractivity contribution >= 4 is 56.1 Å². The van der Waals surface area contributed by atoms with E-state index in [1.807, 2.05) is 47.8 Å². The van der Waals surface area contributed by atoms with Gasteiger partial charge in [0.2, 0.25) is 0 Å². The molecule has 3 heterocycles.